The summed E-state index contributed by atoms with van der Waals surface area (Å²) < 4.78 is 0. The third-order valence-corrected chi connectivity index (χ3v) is 4.42. The van der Waals surface area contributed by atoms with Crippen molar-refractivity contribution in [2.75, 3.05) is 0 Å². The van der Waals surface area contributed by atoms with E-state index in [4.69, 9.17) is 23.2 Å². The van der Waals surface area contributed by atoms with Crippen LogP contribution < -0.4 is 0 Å². The number of fused-ring (bicyclic) bond motifs is 1. The largest absolute Gasteiger partial charge is 0.0843 e. The molecule has 0 aromatic heterocycles. The molecule has 104 valence electrons. The number of halogens is 2. The van der Waals surface area contributed by atoms with E-state index in [-0.39, 0.29) is 0 Å². The van der Waals surface area contributed by atoms with Gasteiger partial charge in [0.1, 0.15) is 0 Å². The molecule has 0 heterocycles. The van der Waals surface area contributed by atoms with Crippen molar-refractivity contribution in [3.63, 3.8) is 0 Å². The lowest BCUT2D eigenvalue weighted by Crippen LogP contribution is -2.04. The van der Waals surface area contributed by atoms with Crippen LogP contribution in [0.4, 0.5) is 0 Å². The number of hydrogen-bond donors (Lipinski definition) is 0. The first kappa shape index (κ1) is 14.9. The molecule has 0 saturated heterocycles. The van der Waals surface area contributed by atoms with Gasteiger partial charge in [0, 0.05) is 10.0 Å². The lowest BCUT2D eigenvalue weighted by molar-refractivity contribution is 0.625. The number of unbranched alkanes of at least 4 members (excludes halogenated alkanes) is 4. The van der Waals surface area contributed by atoms with Crippen LogP contribution in [-0.4, -0.2) is 0 Å². The van der Waals surface area contributed by atoms with E-state index in [0.29, 0.717) is 0 Å². The molecule has 0 unspecified atom stereocenters. The van der Waals surface area contributed by atoms with E-state index in [9.17, 15) is 0 Å². The summed E-state index contributed by atoms with van der Waals surface area (Å²) >= 11 is 12.3. The Hall–Kier alpha value is -0.460. The first-order valence-corrected chi connectivity index (χ1v) is 8.11. The summed E-state index contributed by atoms with van der Waals surface area (Å²) in [5, 5.41) is 1.58. The summed E-state index contributed by atoms with van der Waals surface area (Å²) in [4.78, 5) is 0. The molecule has 2 rings (SSSR count). The van der Waals surface area contributed by atoms with Gasteiger partial charge in [0.05, 0.1) is 0 Å². The fourth-order valence-electron chi connectivity index (χ4n) is 2.75. The summed E-state index contributed by atoms with van der Waals surface area (Å²) in [6, 6.07) is 3.93. The Morgan fingerprint density at radius 1 is 1.05 bits per heavy atom. The minimum absolute atomic E-state index is 0.757. The maximum Gasteiger partial charge on any atom is 0.0458 e. The molecule has 0 amide bonds. The van der Waals surface area contributed by atoms with Gasteiger partial charge in [-0.05, 0) is 48.9 Å². The molecule has 2 heteroatoms. The molecule has 0 bridgehead atoms. The van der Waals surface area contributed by atoms with Crippen LogP contribution in [0.3, 0.4) is 0 Å². The highest BCUT2D eigenvalue weighted by molar-refractivity contribution is 6.35. The van der Waals surface area contributed by atoms with E-state index in [1.807, 2.05) is 6.07 Å². The minimum atomic E-state index is 0.757. The maximum absolute atomic E-state index is 6.24. The second kappa shape index (κ2) is 7.36. The van der Waals surface area contributed by atoms with Gasteiger partial charge in [-0.3, -0.25) is 0 Å². The van der Waals surface area contributed by atoms with Gasteiger partial charge in [-0.2, -0.15) is 0 Å². The molecule has 1 aromatic rings. The lowest BCUT2D eigenvalue weighted by Gasteiger charge is -2.18. The summed E-state index contributed by atoms with van der Waals surface area (Å²) in [5.41, 5.74) is 4.15. The Kier molecular flexibility index (Phi) is 5.78. The van der Waals surface area contributed by atoms with Crippen molar-refractivity contribution >= 4 is 23.2 Å². The van der Waals surface area contributed by atoms with Gasteiger partial charge >= 0.3 is 0 Å². The fourth-order valence-corrected chi connectivity index (χ4v) is 3.37. The second-order valence-electron chi connectivity index (χ2n) is 5.43. The second-order valence-corrected chi connectivity index (χ2v) is 6.28. The Balaban J connectivity index is 1.88. The van der Waals surface area contributed by atoms with Crippen molar-refractivity contribution in [3.8, 4) is 0 Å². The van der Waals surface area contributed by atoms with Gasteiger partial charge in [-0.15, -0.1) is 0 Å². The molecule has 0 N–H and O–H groups in total. The zero-order chi connectivity index (χ0) is 13.7. The third-order valence-electron chi connectivity index (χ3n) is 3.87. The SMILES string of the molecule is CCCCCCCC1=CCc2c(Cl)cc(Cl)cc2C1. The molecule has 0 aliphatic heterocycles. The normalized spacial score (nSPS) is 14.2. The third kappa shape index (κ3) is 4.26. The first-order chi connectivity index (χ1) is 9.20. The van der Waals surface area contributed by atoms with Gasteiger partial charge in [-0.1, -0.05) is 67.5 Å². The summed E-state index contributed by atoms with van der Waals surface area (Å²) in [6.07, 6.45) is 12.3. The van der Waals surface area contributed by atoms with Crippen LogP contribution in [0.15, 0.2) is 23.8 Å². The van der Waals surface area contributed by atoms with Crippen LogP contribution in [0.1, 0.15) is 56.6 Å². The van der Waals surface area contributed by atoms with Crippen LogP contribution in [0.25, 0.3) is 0 Å². The molecule has 1 aliphatic rings. The van der Waals surface area contributed by atoms with Gasteiger partial charge in [0.25, 0.3) is 0 Å². The summed E-state index contributed by atoms with van der Waals surface area (Å²) in [7, 11) is 0. The molecule has 1 aliphatic carbocycles. The highest BCUT2D eigenvalue weighted by Crippen LogP contribution is 2.32. The molecule has 0 saturated carbocycles. The van der Waals surface area contributed by atoms with Crippen molar-refractivity contribution < 1.29 is 0 Å². The Morgan fingerprint density at radius 3 is 2.63 bits per heavy atom. The highest BCUT2D eigenvalue weighted by Gasteiger charge is 2.14. The summed E-state index contributed by atoms with van der Waals surface area (Å²) in [5.74, 6) is 0. The standard InChI is InChI=1S/C17H22Cl2/c1-2-3-4-5-6-7-13-8-9-16-14(10-13)11-15(18)12-17(16)19/h8,11-12H,2-7,9-10H2,1H3. The zero-order valence-electron chi connectivity index (χ0n) is 11.6. The number of allylic oxidation sites excluding steroid dienone is 2. The van der Waals surface area contributed by atoms with Crippen LogP contribution in [-0.2, 0) is 12.8 Å². The first-order valence-electron chi connectivity index (χ1n) is 7.35. The van der Waals surface area contributed by atoms with Crippen molar-refractivity contribution in [1.82, 2.24) is 0 Å². The molecule has 0 nitrogen and oxygen atoms in total. The number of hydrogen-bond acceptors (Lipinski definition) is 0. The smallest absolute Gasteiger partial charge is 0.0458 e. The molecule has 19 heavy (non-hydrogen) atoms. The summed E-state index contributed by atoms with van der Waals surface area (Å²) in [6.45, 7) is 2.26. The number of benzene rings is 1. The minimum Gasteiger partial charge on any atom is -0.0843 e. The Labute approximate surface area is 126 Å². The molecule has 0 radical (unpaired) electrons. The average molecular weight is 297 g/mol. The van der Waals surface area contributed by atoms with Crippen molar-refractivity contribution in [3.05, 3.63) is 45.0 Å². The van der Waals surface area contributed by atoms with Gasteiger partial charge in [0.15, 0.2) is 0 Å². The van der Waals surface area contributed by atoms with Crippen LogP contribution in [0.2, 0.25) is 10.0 Å². The van der Waals surface area contributed by atoms with Gasteiger partial charge < -0.3 is 0 Å². The molecular weight excluding hydrogens is 275 g/mol. The highest BCUT2D eigenvalue weighted by atomic mass is 35.5. The van der Waals surface area contributed by atoms with Crippen molar-refractivity contribution in [2.45, 2.75) is 58.3 Å². The van der Waals surface area contributed by atoms with Crippen molar-refractivity contribution in [1.29, 1.82) is 0 Å². The molecular formula is C17H22Cl2. The molecule has 0 spiro atoms. The van der Waals surface area contributed by atoms with Gasteiger partial charge in [-0.25, -0.2) is 0 Å². The van der Waals surface area contributed by atoms with Gasteiger partial charge in [0.2, 0.25) is 0 Å². The topological polar surface area (TPSA) is 0 Å². The van der Waals surface area contributed by atoms with E-state index in [1.54, 1.807) is 5.57 Å². The molecule has 1 aromatic carbocycles. The van der Waals surface area contributed by atoms with E-state index in [0.717, 1.165) is 22.9 Å². The molecule has 0 fully saturated rings. The zero-order valence-corrected chi connectivity index (χ0v) is 13.2. The lowest BCUT2D eigenvalue weighted by atomic mass is 9.89. The quantitative estimate of drug-likeness (QED) is 0.422. The van der Waals surface area contributed by atoms with E-state index in [1.165, 1.54) is 49.7 Å². The fraction of sp³-hybridized carbons (Fsp3) is 0.529. The Morgan fingerprint density at radius 2 is 1.84 bits per heavy atom. The predicted octanol–water partition coefficient (Wildman–Crippen LogP) is 6.38. The Bertz CT molecular complexity index is 461. The molecule has 0 atom stereocenters. The van der Waals surface area contributed by atoms with Crippen LogP contribution in [0, 0.1) is 0 Å². The monoisotopic (exact) mass is 296 g/mol. The average Bonchev–Trinajstić information content (AvgIpc) is 2.38. The predicted molar refractivity (Wildman–Crippen MR) is 85.3 cm³/mol. The van der Waals surface area contributed by atoms with Crippen LogP contribution >= 0.6 is 23.2 Å². The van der Waals surface area contributed by atoms with E-state index < -0.39 is 0 Å². The van der Waals surface area contributed by atoms with E-state index in [2.05, 4.69) is 19.1 Å². The maximum atomic E-state index is 6.24. The number of rotatable bonds is 6. The van der Waals surface area contributed by atoms with Crippen molar-refractivity contribution in [2.24, 2.45) is 0 Å². The van der Waals surface area contributed by atoms with E-state index >= 15 is 0 Å². The van der Waals surface area contributed by atoms with Crippen LogP contribution in [0.5, 0.6) is 0 Å².